The van der Waals surface area contributed by atoms with Crippen LogP contribution in [0.3, 0.4) is 0 Å². The molecule has 336 valence electrons. The number of hydrogen-bond acceptors (Lipinski definition) is 6. The molecule has 1 fully saturated rings. The quantitative estimate of drug-likeness (QED) is 0.117. The molecule has 15 rings (SSSR count). The van der Waals surface area contributed by atoms with Gasteiger partial charge in [0.1, 0.15) is 22.3 Å². The lowest BCUT2D eigenvalue weighted by Gasteiger charge is -2.36. The van der Waals surface area contributed by atoms with Crippen LogP contribution in [0.15, 0.2) is 203 Å². The van der Waals surface area contributed by atoms with Crippen LogP contribution in [0, 0.1) is 0 Å². The molecule has 6 nitrogen and oxygen atoms in total. The van der Waals surface area contributed by atoms with Crippen LogP contribution in [0.5, 0.6) is 0 Å². The fraction of sp³-hybridized carbons (Fsp3) is 0.0938. The minimum atomic E-state index is -0.701. The smallest absolute Gasteiger partial charge is 0.456 e. The first-order valence-corrected chi connectivity index (χ1v) is 24.4. The molecular formula is C64H43BN2O4. The lowest BCUT2D eigenvalue weighted by molar-refractivity contribution is -0.00874. The van der Waals surface area contributed by atoms with Gasteiger partial charge in [-0.3, -0.25) is 0 Å². The van der Waals surface area contributed by atoms with Crippen LogP contribution < -0.4 is 5.46 Å². The molecule has 3 aromatic heterocycles. The molecule has 1 aliphatic heterocycles. The summed E-state index contributed by atoms with van der Waals surface area (Å²) in [6.45, 7) is 6.52. The Balaban J connectivity index is 0.836. The predicted molar refractivity (Wildman–Crippen MR) is 291 cm³/mol. The molecule has 4 heterocycles. The Labute approximate surface area is 408 Å². The minimum Gasteiger partial charge on any atom is -0.456 e. The van der Waals surface area contributed by atoms with E-state index < -0.39 is 18.3 Å². The van der Waals surface area contributed by atoms with Gasteiger partial charge in [-0.15, -0.1) is 0 Å². The van der Waals surface area contributed by atoms with Crippen molar-refractivity contribution in [3.63, 3.8) is 0 Å². The van der Waals surface area contributed by atoms with Crippen LogP contribution in [-0.4, -0.2) is 28.3 Å². The van der Waals surface area contributed by atoms with E-state index in [-0.39, 0.29) is 0 Å². The summed E-state index contributed by atoms with van der Waals surface area (Å²) in [4.78, 5) is 10.3. The van der Waals surface area contributed by atoms with Crippen molar-refractivity contribution in [1.82, 2.24) is 9.97 Å². The summed E-state index contributed by atoms with van der Waals surface area (Å²) in [5.41, 5.74) is 11.3. The van der Waals surface area contributed by atoms with E-state index in [9.17, 15) is 0 Å². The SMILES string of the molecule is CC1(C)OB(c2ccc3oc4cccc5c6ccccc6c2c3c45)OC1(C)Cc1cc2oc3ccc(-c4cccc(-c5nc(-c6ccccc6)cc(-c6ccccc6)n5)c4)c4c5ccccc5c(c1)c2c34. The summed E-state index contributed by atoms with van der Waals surface area (Å²) in [6.07, 6.45) is 0.607. The number of benzene rings is 11. The topological polar surface area (TPSA) is 70.5 Å². The van der Waals surface area contributed by atoms with Crippen LogP contribution in [0.25, 0.3) is 132 Å². The Morgan fingerprint density at radius 1 is 0.394 bits per heavy atom. The van der Waals surface area contributed by atoms with Crippen molar-refractivity contribution in [1.29, 1.82) is 0 Å². The second kappa shape index (κ2) is 14.8. The number of fused-ring (bicyclic) bond motifs is 6. The van der Waals surface area contributed by atoms with E-state index in [1.807, 2.05) is 12.1 Å². The molecule has 71 heavy (non-hydrogen) atoms. The van der Waals surface area contributed by atoms with E-state index in [0.29, 0.717) is 12.2 Å². The molecule has 1 saturated heterocycles. The molecule has 1 atom stereocenters. The van der Waals surface area contributed by atoms with Crippen molar-refractivity contribution in [3.05, 3.63) is 200 Å². The molecule has 1 aliphatic rings. The molecule has 0 aliphatic carbocycles. The van der Waals surface area contributed by atoms with E-state index in [1.165, 1.54) is 26.9 Å². The Morgan fingerprint density at radius 3 is 1.66 bits per heavy atom. The van der Waals surface area contributed by atoms with Gasteiger partial charge in [-0.1, -0.05) is 158 Å². The zero-order valence-corrected chi connectivity index (χ0v) is 39.3. The van der Waals surface area contributed by atoms with Gasteiger partial charge in [0.05, 0.1) is 22.6 Å². The molecule has 7 heteroatoms. The van der Waals surface area contributed by atoms with Gasteiger partial charge in [0.15, 0.2) is 5.82 Å². The molecule has 0 spiro atoms. The molecule has 11 aromatic carbocycles. The third kappa shape index (κ3) is 5.97. The van der Waals surface area contributed by atoms with Crippen LogP contribution in [-0.2, 0) is 15.7 Å². The van der Waals surface area contributed by atoms with E-state index in [1.54, 1.807) is 0 Å². The number of aromatic nitrogens is 2. The Hall–Kier alpha value is -8.36. The summed E-state index contributed by atoms with van der Waals surface area (Å²) < 4.78 is 27.7. The van der Waals surface area contributed by atoms with Gasteiger partial charge in [0.25, 0.3) is 0 Å². The average Bonchev–Trinajstić information content (AvgIpc) is 4.06. The van der Waals surface area contributed by atoms with Crippen molar-refractivity contribution in [3.8, 4) is 45.0 Å². The van der Waals surface area contributed by atoms with Gasteiger partial charge in [0, 0.05) is 50.0 Å². The molecule has 0 bridgehead atoms. The summed E-state index contributed by atoms with van der Waals surface area (Å²) in [5.74, 6) is 0.678. The highest BCUT2D eigenvalue weighted by Crippen LogP contribution is 2.49. The van der Waals surface area contributed by atoms with Gasteiger partial charge in [-0.25, -0.2) is 9.97 Å². The Morgan fingerprint density at radius 2 is 0.930 bits per heavy atom. The monoisotopic (exact) mass is 914 g/mol. The molecule has 1 unspecified atom stereocenters. The second-order valence-electron chi connectivity index (χ2n) is 20.0. The number of rotatable bonds is 7. The first-order chi connectivity index (χ1) is 34.8. The van der Waals surface area contributed by atoms with Gasteiger partial charge < -0.3 is 18.1 Å². The average molecular weight is 915 g/mol. The van der Waals surface area contributed by atoms with Gasteiger partial charge in [-0.05, 0) is 117 Å². The number of furan rings is 2. The van der Waals surface area contributed by atoms with Gasteiger partial charge >= 0.3 is 7.12 Å². The third-order valence-corrected chi connectivity index (χ3v) is 15.6. The van der Waals surface area contributed by atoms with Crippen molar-refractivity contribution >= 4 is 99.5 Å². The molecule has 0 saturated carbocycles. The minimum absolute atomic E-state index is 0.601. The standard InChI is InChI=1S/C64H43BN2O4/c1-63(2)64(3,71-65(70-63)49-29-31-54-61-57(49)46-25-13-10-22-43(46)47-26-15-27-52(68-54)58(47)61)36-37-32-48-44-23-11-12-24-45(44)56-42(28-30-53-60(56)59(48)55(33-37)69-53)40-20-14-21-41(34-40)62-66-50(38-16-6-4-7-17-38)35-51(67-62)39-18-8-5-9-19-39/h4-35H,36H2,1-3H3. The second-order valence-corrected chi connectivity index (χ2v) is 20.0. The molecular weight excluding hydrogens is 872 g/mol. The third-order valence-electron chi connectivity index (χ3n) is 15.6. The van der Waals surface area contributed by atoms with Crippen LogP contribution in [0.2, 0.25) is 0 Å². The zero-order chi connectivity index (χ0) is 47.2. The molecule has 0 amide bonds. The Kier molecular flexibility index (Phi) is 8.46. The van der Waals surface area contributed by atoms with Crippen LogP contribution in [0.1, 0.15) is 26.3 Å². The van der Waals surface area contributed by atoms with Crippen molar-refractivity contribution in [2.45, 2.75) is 38.4 Å². The maximum Gasteiger partial charge on any atom is 0.495 e. The van der Waals surface area contributed by atoms with E-state index >= 15 is 0 Å². The van der Waals surface area contributed by atoms with Crippen LogP contribution in [0.4, 0.5) is 0 Å². The highest BCUT2D eigenvalue weighted by Gasteiger charge is 2.55. The molecule has 0 N–H and O–H groups in total. The summed E-state index contributed by atoms with van der Waals surface area (Å²) in [5, 5.41) is 13.9. The van der Waals surface area contributed by atoms with E-state index in [0.717, 1.165) is 110 Å². The van der Waals surface area contributed by atoms with Crippen molar-refractivity contribution < 1.29 is 18.1 Å². The van der Waals surface area contributed by atoms with E-state index in [4.69, 9.17) is 28.1 Å². The summed E-state index contributed by atoms with van der Waals surface area (Å²) >= 11 is 0. The lowest BCUT2D eigenvalue weighted by Crippen LogP contribution is -2.46. The normalized spacial score (nSPS) is 16.2. The highest BCUT2D eigenvalue weighted by molar-refractivity contribution is 6.67. The first-order valence-electron chi connectivity index (χ1n) is 24.4. The summed E-state index contributed by atoms with van der Waals surface area (Å²) in [7, 11) is -0.601. The van der Waals surface area contributed by atoms with Crippen LogP contribution >= 0.6 is 0 Å². The number of hydrogen-bond donors (Lipinski definition) is 0. The predicted octanol–water partition coefficient (Wildman–Crippen LogP) is 16.0. The maximum absolute atomic E-state index is 7.27. The van der Waals surface area contributed by atoms with Crippen molar-refractivity contribution in [2.75, 3.05) is 0 Å². The molecule has 14 aromatic rings. The molecule has 0 radical (unpaired) electrons. The maximum atomic E-state index is 7.27. The van der Waals surface area contributed by atoms with Crippen molar-refractivity contribution in [2.24, 2.45) is 0 Å². The van der Waals surface area contributed by atoms with E-state index in [2.05, 4.69) is 203 Å². The summed E-state index contributed by atoms with van der Waals surface area (Å²) in [6, 6.07) is 68.3. The largest absolute Gasteiger partial charge is 0.495 e. The fourth-order valence-electron chi connectivity index (χ4n) is 11.9. The Bertz CT molecular complexity index is 4390. The first kappa shape index (κ1) is 40.5. The lowest BCUT2D eigenvalue weighted by atomic mass is 9.74. The van der Waals surface area contributed by atoms with Gasteiger partial charge in [-0.2, -0.15) is 0 Å². The zero-order valence-electron chi connectivity index (χ0n) is 39.3. The highest BCUT2D eigenvalue weighted by atomic mass is 16.7. The van der Waals surface area contributed by atoms with Gasteiger partial charge in [0.2, 0.25) is 0 Å². The fourth-order valence-corrected chi connectivity index (χ4v) is 11.9. The number of nitrogens with zero attached hydrogens (tertiary/aromatic N) is 2.